The van der Waals surface area contributed by atoms with E-state index in [0.717, 1.165) is 39.0 Å². The Morgan fingerprint density at radius 3 is 2.59 bits per heavy atom. The van der Waals surface area contributed by atoms with Gasteiger partial charge in [0.1, 0.15) is 0 Å². The Bertz CT molecular complexity index is 457. The molecule has 1 saturated heterocycles. The summed E-state index contributed by atoms with van der Waals surface area (Å²) in [5, 5.41) is 5.17. The molecule has 3 rings (SSSR count). The summed E-state index contributed by atoms with van der Waals surface area (Å²) in [6.07, 6.45) is 4.03. The second-order valence-electron chi connectivity index (χ2n) is 6.17. The molecule has 2 fully saturated rings. The van der Waals surface area contributed by atoms with E-state index in [9.17, 15) is 4.79 Å². The number of nitrogens with one attached hydrogen (secondary N) is 1. The van der Waals surface area contributed by atoms with Crippen molar-refractivity contribution in [2.75, 3.05) is 19.6 Å². The highest BCUT2D eigenvalue weighted by Crippen LogP contribution is 2.32. The first-order valence-electron chi connectivity index (χ1n) is 7.48. The van der Waals surface area contributed by atoms with E-state index in [-0.39, 0.29) is 30.7 Å². The number of carbonyl (C=O) groups excluding carboxylic acids is 1. The number of halogens is 2. The minimum Gasteiger partial charge on any atom is -0.354 e. The number of rotatable bonds is 5. The average molecular weight is 366 g/mol. The third-order valence-electron chi connectivity index (χ3n) is 4.46. The SMILES string of the molecule is Cl.Cl.NC1(C(=O)NCC2CCN(Cc3cccs3)CC2)CC1. The molecule has 22 heavy (non-hydrogen) atoms. The van der Waals surface area contributed by atoms with Crippen LogP contribution in [0.3, 0.4) is 0 Å². The van der Waals surface area contributed by atoms with Crippen molar-refractivity contribution in [3.63, 3.8) is 0 Å². The number of carbonyl (C=O) groups is 1. The van der Waals surface area contributed by atoms with E-state index < -0.39 is 5.54 Å². The first-order chi connectivity index (χ1) is 9.66. The van der Waals surface area contributed by atoms with Crippen LogP contribution in [0.5, 0.6) is 0 Å². The molecule has 1 saturated carbocycles. The standard InChI is InChI=1S/C15H23N3OS.2ClH/c16-15(5-6-15)14(19)17-10-12-3-7-18(8-4-12)11-13-2-1-9-20-13;;/h1-2,9,12H,3-8,10-11,16H2,(H,17,19);2*1H. The average Bonchev–Trinajstić information content (AvgIpc) is 3.01. The van der Waals surface area contributed by atoms with Crippen molar-refractivity contribution in [1.82, 2.24) is 10.2 Å². The highest BCUT2D eigenvalue weighted by molar-refractivity contribution is 7.09. The van der Waals surface area contributed by atoms with Gasteiger partial charge in [0, 0.05) is 18.0 Å². The van der Waals surface area contributed by atoms with Crippen LogP contribution in [0.4, 0.5) is 0 Å². The van der Waals surface area contributed by atoms with Gasteiger partial charge >= 0.3 is 0 Å². The van der Waals surface area contributed by atoms with E-state index in [1.165, 1.54) is 17.7 Å². The predicted molar refractivity (Wildman–Crippen MR) is 96.0 cm³/mol. The van der Waals surface area contributed by atoms with Gasteiger partial charge in [0.2, 0.25) is 5.91 Å². The van der Waals surface area contributed by atoms with Gasteiger partial charge < -0.3 is 11.1 Å². The molecule has 2 aliphatic rings. The van der Waals surface area contributed by atoms with E-state index >= 15 is 0 Å². The lowest BCUT2D eigenvalue weighted by molar-refractivity contribution is -0.123. The number of piperidine rings is 1. The Morgan fingerprint density at radius 1 is 1.36 bits per heavy atom. The largest absolute Gasteiger partial charge is 0.354 e. The minimum absolute atomic E-state index is 0. The number of likely N-dealkylation sites (tertiary alicyclic amines) is 1. The molecule has 1 aliphatic carbocycles. The molecule has 2 heterocycles. The van der Waals surface area contributed by atoms with Gasteiger partial charge in [0.25, 0.3) is 0 Å². The monoisotopic (exact) mass is 365 g/mol. The van der Waals surface area contributed by atoms with Crippen LogP contribution in [0.2, 0.25) is 0 Å². The molecule has 3 N–H and O–H groups in total. The summed E-state index contributed by atoms with van der Waals surface area (Å²) in [7, 11) is 0. The second-order valence-corrected chi connectivity index (χ2v) is 7.20. The number of nitrogens with zero attached hydrogens (tertiary/aromatic N) is 1. The molecular weight excluding hydrogens is 341 g/mol. The molecule has 126 valence electrons. The predicted octanol–water partition coefficient (Wildman–Crippen LogP) is 2.41. The van der Waals surface area contributed by atoms with Gasteiger partial charge in [-0.2, -0.15) is 0 Å². The van der Waals surface area contributed by atoms with Gasteiger partial charge in [-0.15, -0.1) is 36.2 Å². The first-order valence-corrected chi connectivity index (χ1v) is 8.36. The van der Waals surface area contributed by atoms with Crippen molar-refractivity contribution in [2.45, 2.75) is 37.8 Å². The lowest BCUT2D eigenvalue weighted by atomic mass is 9.96. The van der Waals surface area contributed by atoms with Gasteiger partial charge in [0.15, 0.2) is 0 Å². The van der Waals surface area contributed by atoms with Crippen LogP contribution < -0.4 is 11.1 Å². The van der Waals surface area contributed by atoms with Crippen molar-refractivity contribution in [1.29, 1.82) is 0 Å². The number of hydrogen-bond donors (Lipinski definition) is 2. The van der Waals surface area contributed by atoms with E-state index in [2.05, 4.69) is 27.7 Å². The Hall–Kier alpha value is -0.330. The molecule has 7 heteroatoms. The van der Waals surface area contributed by atoms with Gasteiger partial charge in [-0.25, -0.2) is 0 Å². The summed E-state index contributed by atoms with van der Waals surface area (Å²) in [5.41, 5.74) is 5.36. The summed E-state index contributed by atoms with van der Waals surface area (Å²) < 4.78 is 0. The molecular formula is C15H25Cl2N3OS. The number of amides is 1. The van der Waals surface area contributed by atoms with Crippen LogP contribution in [0, 0.1) is 5.92 Å². The third kappa shape index (κ3) is 5.10. The molecule has 1 aromatic rings. The Balaban J connectivity index is 0.00000121. The van der Waals surface area contributed by atoms with E-state index in [1.807, 2.05) is 11.3 Å². The van der Waals surface area contributed by atoms with Gasteiger partial charge in [-0.3, -0.25) is 9.69 Å². The molecule has 4 nitrogen and oxygen atoms in total. The molecule has 0 radical (unpaired) electrons. The molecule has 0 aromatic carbocycles. The van der Waals surface area contributed by atoms with Crippen molar-refractivity contribution < 1.29 is 4.79 Å². The fourth-order valence-electron chi connectivity index (χ4n) is 2.75. The zero-order chi connectivity index (χ0) is 14.0. The number of thiophene rings is 1. The van der Waals surface area contributed by atoms with Crippen molar-refractivity contribution in [3.05, 3.63) is 22.4 Å². The third-order valence-corrected chi connectivity index (χ3v) is 5.32. The zero-order valence-electron chi connectivity index (χ0n) is 12.6. The van der Waals surface area contributed by atoms with Gasteiger partial charge in [-0.1, -0.05) is 6.07 Å². The fourth-order valence-corrected chi connectivity index (χ4v) is 3.49. The van der Waals surface area contributed by atoms with Crippen LogP contribution >= 0.6 is 36.2 Å². The molecule has 0 spiro atoms. The topological polar surface area (TPSA) is 58.4 Å². The molecule has 0 atom stereocenters. The van der Waals surface area contributed by atoms with Gasteiger partial charge in [0.05, 0.1) is 5.54 Å². The fraction of sp³-hybridized carbons (Fsp3) is 0.667. The Morgan fingerprint density at radius 2 is 2.05 bits per heavy atom. The summed E-state index contributed by atoms with van der Waals surface area (Å²) >= 11 is 1.83. The molecule has 1 aliphatic heterocycles. The maximum absolute atomic E-state index is 11.8. The molecule has 0 unspecified atom stereocenters. The summed E-state index contributed by atoms with van der Waals surface area (Å²) in [4.78, 5) is 15.8. The quantitative estimate of drug-likeness (QED) is 0.842. The summed E-state index contributed by atoms with van der Waals surface area (Å²) in [5.74, 6) is 0.666. The number of hydrogen-bond acceptors (Lipinski definition) is 4. The molecule has 0 bridgehead atoms. The Labute approximate surface area is 148 Å². The second kappa shape index (κ2) is 8.50. The normalized spacial score (nSPS) is 20.6. The molecule has 1 aromatic heterocycles. The summed E-state index contributed by atoms with van der Waals surface area (Å²) in [6, 6.07) is 4.32. The van der Waals surface area contributed by atoms with Crippen LogP contribution in [0.1, 0.15) is 30.6 Å². The Kier molecular flexibility index (Phi) is 7.62. The maximum atomic E-state index is 11.8. The van der Waals surface area contributed by atoms with E-state index in [4.69, 9.17) is 5.73 Å². The van der Waals surface area contributed by atoms with Crippen molar-refractivity contribution in [2.24, 2.45) is 11.7 Å². The highest BCUT2D eigenvalue weighted by Gasteiger charge is 2.45. The van der Waals surface area contributed by atoms with Crippen molar-refractivity contribution >= 4 is 42.1 Å². The van der Waals surface area contributed by atoms with Crippen LogP contribution in [-0.4, -0.2) is 36.0 Å². The lowest BCUT2D eigenvalue weighted by Gasteiger charge is -2.31. The lowest BCUT2D eigenvalue weighted by Crippen LogP contribution is -2.45. The maximum Gasteiger partial charge on any atom is 0.240 e. The summed E-state index contributed by atoms with van der Waals surface area (Å²) in [6.45, 7) is 4.13. The van der Waals surface area contributed by atoms with Crippen LogP contribution in [-0.2, 0) is 11.3 Å². The van der Waals surface area contributed by atoms with E-state index in [0.29, 0.717) is 5.92 Å². The van der Waals surface area contributed by atoms with E-state index in [1.54, 1.807) is 0 Å². The van der Waals surface area contributed by atoms with Crippen LogP contribution in [0.25, 0.3) is 0 Å². The smallest absolute Gasteiger partial charge is 0.240 e. The first kappa shape index (κ1) is 19.7. The number of nitrogens with two attached hydrogens (primary N) is 1. The molecule has 1 amide bonds. The minimum atomic E-state index is -0.528. The van der Waals surface area contributed by atoms with Crippen molar-refractivity contribution in [3.8, 4) is 0 Å². The highest BCUT2D eigenvalue weighted by atomic mass is 35.5. The van der Waals surface area contributed by atoms with Crippen LogP contribution in [0.15, 0.2) is 17.5 Å². The zero-order valence-corrected chi connectivity index (χ0v) is 15.1. The van der Waals surface area contributed by atoms with Gasteiger partial charge in [-0.05, 0) is 56.1 Å².